The first kappa shape index (κ1) is 14.7. The fraction of sp³-hybridized carbons (Fsp3) is 0.438. The lowest BCUT2D eigenvalue weighted by Gasteiger charge is -2.30. The summed E-state index contributed by atoms with van der Waals surface area (Å²) in [5.41, 5.74) is 0.887. The van der Waals surface area contributed by atoms with Gasteiger partial charge in [0.2, 0.25) is 0 Å². The SMILES string of the molecule is CCOC(C(=O)N1CCn2c(C)nnc2C1)c1ccccc1. The first-order chi connectivity index (χ1) is 10.7. The van der Waals surface area contributed by atoms with Crippen LogP contribution in [0.5, 0.6) is 0 Å². The molecule has 1 amide bonds. The van der Waals surface area contributed by atoms with E-state index in [0.717, 1.165) is 23.8 Å². The van der Waals surface area contributed by atoms with Gasteiger partial charge in [-0.1, -0.05) is 30.3 Å². The van der Waals surface area contributed by atoms with Crippen LogP contribution in [0.3, 0.4) is 0 Å². The van der Waals surface area contributed by atoms with Gasteiger partial charge in [0.05, 0.1) is 6.54 Å². The van der Waals surface area contributed by atoms with Crippen LogP contribution in [0, 0.1) is 6.92 Å². The topological polar surface area (TPSA) is 60.2 Å². The lowest BCUT2D eigenvalue weighted by atomic mass is 10.1. The highest BCUT2D eigenvalue weighted by atomic mass is 16.5. The second-order valence-electron chi connectivity index (χ2n) is 5.32. The van der Waals surface area contributed by atoms with Gasteiger partial charge in [0, 0.05) is 19.7 Å². The van der Waals surface area contributed by atoms with Crippen molar-refractivity contribution in [2.24, 2.45) is 0 Å². The van der Waals surface area contributed by atoms with Crippen molar-refractivity contribution in [3.05, 3.63) is 47.5 Å². The maximum absolute atomic E-state index is 12.8. The summed E-state index contributed by atoms with van der Waals surface area (Å²) < 4.78 is 7.76. The summed E-state index contributed by atoms with van der Waals surface area (Å²) in [7, 11) is 0. The normalized spacial score (nSPS) is 15.5. The molecule has 0 aliphatic carbocycles. The molecule has 6 heteroatoms. The third-order valence-electron chi connectivity index (χ3n) is 3.91. The Morgan fingerprint density at radius 1 is 1.27 bits per heavy atom. The van der Waals surface area contributed by atoms with Gasteiger partial charge in [0.15, 0.2) is 11.9 Å². The van der Waals surface area contributed by atoms with E-state index < -0.39 is 6.10 Å². The number of aromatic nitrogens is 3. The van der Waals surface area contributed by atoms with Crippen molar-refractivity contribution in [3.63, 3.8) is 0 Å². The van der Waals surface area contributed by atoms with E-state index >= 15 is 0 Å². The number of benzene rings is 1. The predicted octanol–water partition coefficient (Wildman–Crippen LogP) is 1.71. The summed E-state index contributed by atoms with van der Waals surface area (Å²) in [6, 6.07) is 9.63. The summed E-state index contributed by atoms with van der Waals surface area (Å²) in [5, 5.41) is 8.22. The zero-order valence-corrected chi connectivity index (χ0v) is 12.9. The second kappa shape index (κ2) is 6.27. The molecule has 3 rings (SSSR count). The predicted molar refractivity (Wildman–Crippen MR) is 81.0 cm³/mol. The number of aryl methyl sites for hydroxylation is 1. The van der Waals surface area contributed by atoms with Crippen molar-refractivity contribution in [2.75, 3.05) is 13.2 Å². The molecule has 1 aromatic carbocycles. The van der Waals surface area contributed by atoms with Crippen molar-refractivity contribution in [1.29, 1.82) is 0 Å². The minimum Gasteiger partial charge on any atom is -0.364 e. The summed E-state index contributed by atoms with van der Waals surface area (Å²) >= 11 is 0. The second-order valence-corrected chi connectivity index (χ2v) is 5.32. The smallest absolute Gasteiger partial charge is 0.256 e. The van der Waals surface area contributed by atoms with Crippen molar-refractivity contribution in [3.8, 4) is 0 Å². The van der Waals surface area contributed by atoms with E-state index in [1.165, 1.54) is 0 Å². The number of rotatable bonds is 4. The Morgan fingerprint density at radius 2 is 2.05 bits per heavy atom. The van der Waals surface area contributed by atoms with Gasteiger partial charge in [-0.2, -0.15) is 0 Å². The van der Waals surface area contributed by atoms with Crippen LogP contribution in [0.1, 0.15) is 30.2 Å². The number of hydrogen-bond acceptors (Lipinski definition) is 4. The molecule has 1 unspecified atom stereocenters. The average Bonchev–Trinajstić information content (AvgIpc) is 2.93. The zero-order chi connectivity index (χ0) is 15.5. The number of ether oxygens (including phenoxy) is 1. The van der Waals surface area contributed by atoms with E-state index in [1.54, 1.807) is 4.90 Å². The highest BCUT2D eigenvalue weighted by Crippen LogP contribution is 2.22. The van der Waals surface area contributed by atoms with Gasteiger partial charge < -0.3 is 14.2 Å². The molecular formula is C16H20N4O2. The zero-order valence-electron chi connectivity index (χ0n) is 12.9. The van der Waals surface area contributed by atoms with Gasteiger partial charge in [-0.3, -0.25) is 4.79 Å². The average molecular weight is 300 g/mol. The Kier molecular flexibility index (Phi) is 4.20. The molecule has 6 nitrogen and oxygen atoms in total. The standard InChI is InChI=1S/C16H20N4O2/c1-3-22-15(13-7-5-4-6-8-13)16(21)19-9-10-20-12(2)17-18-14(20)11-19/h4-8,15H,3,9-11H2,1-2H3. The van der Waals surface area contributed by atoms with E-state index in [2.05, 4.69) is 14.8 Å². The van der Waals surface area contributed by atoms with E-state index in [1.807, 2.05) is 44.2 Å². The maximum atomic E-state index is 12.8. The van der Waals surface area contributed by atoms with E-state index in [0.29, 0.717) is 19.7 Å². The molecule has 1 atom stereocenters. The molecule has 0 N–H and O–H groups in total. The molecule has 0 saturated carbocycles. The van der Waals surface area contributed by atoms with Crippen LogP contribution in [0.25, 0.3) is 0 Å². The summed E-state index contributed by atoms with van der Waals surface area (Å²) in [5.74, 6) is 1.71. The van der Waals surface area contributed by atoms with Gasteiger partial charge in [0.25, 0.3) is 5.91 Å². The van der Waals surface area contributed by atoms with Crippen LogP contribution in [0.4, 0.5) is 0 Å². The number of nitrogens with zero attached hydrogens (tertiary/aromatic N) is 4. The molecule has 1 aliphatic rings. The fourth-order valence-corrected chi connectivity index (χ4v) is 2.76. The first-order valence-electron chi connectivity index (χ1n) is 7.54. The van der Waals surface area contributed by atoms with Crippen molar-refractivity contribution < 1.29 is 9.53 Å². The van der Waals surface area contributed by atoms with Gasteiger partial charge in [-0.15, -0.1) is 10.2 Å². The number of carbonyl (C=O) groups is 1. The van der Waals surface area contributed by atoms with Crippen LogP contribution in [0.15, 0.2) is 30.3 Å². The molecule has 0 spiro atoms. The van der Waals surface area contributed by atoms with Crippen molar-refractivity contribution in [1.82, 2.24) is 19.7 Å². The summed E-state index contributed by atoms with van der Waals surface area (Å²) in [6.45, 7) is 6.19. The van der Waals surface area contributed by atoms with Crippen LogP contribution in [-0.2, 0) is 22.6 Å². The Balaban J connectivity index is 1.80. The molecule has 116 valence electrons. The highest BCUT2D eigenvalue weighted by molar-refractivity contribution is 5.82. The molecule has 22 heavy (non-hydrogen) atoms. The number of amides is 1. The van der Waals surface area contributed by atoms with Gasteiger partial charge in [0.1, 0.15) is 5.82 Å². The van der Waals surface area contributed by atoms with Crippen LogP contribution < -0.4 is 0 Å². The monoisotopic (exact) mass is 300 g/mol. The number of hydrogen-bond donors (Lipinski definition) is 0. The van der Waals surface area contributed by atoms with Gasteiger partial charge in [-0.25, -0.2) is 0 Å². The molecule has 2 heterocycles. The van der Waals surface area contributed by atoms with Crippen molar-refractivity contribution >= 4 is 5.91 Å². The van der Waals surface area contributed by atoms with Crippen LogP contribution >= 0.6 is 0 Å². The van der Waals surface area contributed by atoms with Crippen LogP contribution in [-0.4, -0.2) is 38.7 Å². The molecule has 0 bridgehead atoms. The van der Waals surface area contributed by atoms with Gasteiger partial charge in [-0.05, 0) is 19.4 Å². The quantitative estimate of drug-likeness (QED) is 0.862. The highest BCUT2D eigenvalue weighted by Gasteiger charge is 2.30. The van der Waals surface area contributed by atoms with Crippen molar-refractivity contribution in [2.45, 2.75) is 33.0 Å². The Hall–Kier alpha value is -2.21. The first-order valence-corrected chi connectivity index (χ1v) is 7.54. The maximum Gasteiger partial charge on any atom is 0.256 e. The molecule has 0 fully saturated rings. The Labute approximate surface area is 129 Å². The Bertz CT molecular complexity index is 653. The fourth-order valence-electron chi connectivity index (χ4n) is 2.76. The van der Waals surface area contributed by atoms with E-state index in [-0.39, 0.29) is 5.91 Å². The Morgan fingerprint density at radius 3 is 2.77 bits per heavy atom. The third kappa shape index (κ3) is 2.74. The number of fused-ring (bicyclic) bond motifs is 1. The molecule has 1 aliphatic heterocycles. The summed E-state index contributed by atoms with van der Waals surface area (Å²) in [4.78, 5) is 14.7. The molecule has 0 radical (unpaired) electrons. The lowest BCUT2D eigenvalue weighted by Crippen LogP contribution is -2.41. The number of carbonyl (C=O) groups excluding carboxylic acids is 1. The minimum atomic E-state index is -0.554. The largest absolute Gasteiger partial charge is 0.364 e. The summed E-state index contributed by atoms with van der Waals surface area (Å²) in [6.07, 6.45) is -0.554. The molecule has 0 saturated heterocycles. The van der Waals surface area contributed by atoms with E-state index in [9.17, 15) is 4.79 Å². The molecule has 2 aromatic rings. The lowest BCUT2D eigenvalue weighted by molar-refractivity contribution is -0.145. The third-order valence-corrected chi connectivity index (χ3v) is 3.91. The van der Waals surface area contributed by atoms with Crippen LogP contribution in [0.2, 0.25) is 0 Å². The minimum absolute atomic E-state index is 0.0139. The van der Waals surface area contributed by atoms with E-state index in [4.69, 9.17) is 4.74 Å². The molecular weight excluding hydrogens is 280 g/mol. The van der Waals surface area contributed by atoms with Gasteiger partial charge >= 0.3 is 0 Å². The molecule has 1 aromatic heterocycles.